The Bertz CT molecular complexity index is 493. The second-order valence-corrected chi connectivity index (χ2v) is 9.16. The van der Waals surface area contributed by atoms with E-state index in [0.717, 1.165) is 51.6 Å². The van der Waals surface area contributed by atoms with E-state index >= 15 is 0 Å². The Morgan fingerprint density at radius 2 is 1.54 bits per heavy atom. The third kappa shape index (κ3) is 5.35. The van der Waals surface area contributed by atoms with Crippen LogP contribution in [0.1, 0.15) is 66.2 Å². The van der Waals surface area contributed by atoms with Crippen molar-refractivity contribution in [3.05, 3.63) is 0 Å². The molecule has 6 heteroatoms. The number of likely N-dealkylation sites (tertiary alicyclic amines) is 1. The van der Waals surface area contributed by atoms with Gasteiger partial charge in [-0.3, -0.25) is 4.79 Å². The molecule has 1 heterocycles. The van der Waals surface area contributed by atoms with Crippen LogP contribution < -0.4 is 0 Å². The number of hydrogen-bond acceptors (Lipinski definition) is 5. The van der Waals surface area contributed by atoms with Crippen molar-refractivity contribution in [2.24, 2.45) is 10.8 Å². The predicted molar refractivity (Wildman–Crippen MR) is 98.9 cm³/mol. The summed E-state index contributed by atoms with van der Waals surface area (Å²) in [5.41, 5.74) is -0.589. The monoisotopic (exact) mass is 369 g/mol. The maximum atomic E-state index is 12.4. The summed E-state index contributed by atoms with van der Waals surface area (Å²) in [6, 6.07) is 0. The van der Waals surface area contributed by atoms with Gasteiger partial charge in [-0.05, 0) is 71.6 Å². The largest absolute Gasteiger partial charge is 0.463 e. The minimum absolute atomic E-state index is 0.101. The molecular weight excluding hydrogens is 334 g/mol. The lowest BCUT2D eigenvalue weighted by molar-refractivity contribution is -0.160. The SMILES string of the molecule is COCCOC(=O)C1(C)CCC2(CCN(C(=O)OC(C)(C)C)CC2)CC1. The molecule has 2 rings (SSSR count). The number of carbonyl (C=O) groups is 2. The Morgan fingerprint density at radius 1 is 0.962 bits per heavy atom. The van der Waals surface area contributed by atoms with E-state index in [4.69, 9.17) is 14.2 Å². The third-order valence-corrected chi connectivity index (χ3v) is 5.90. The van der Waals surface area contributed by atoms with Crippen LogP contribution in [-0.4, -0.2) is 56.0 Å². The number of methoxy groups -OCH3 is 1. The summed E-state index contributed by atoms with van der Waals surface area (Å²) < 4.78 is 15.8. The Kier molecular flexibility index (Phi) is 6.59. The second-order valence-electron chi connectivity index (χ2n) is 9.16. The molecule has 1 aliphatic heterocycles. The van der Waals surface area contributed by atoms with Gasteiger partial charge < -0.3 is 19.1 Å². The molecule has 26 heavy (non-hydrogen) atoms. The van der Waals surface area contributed by atoms with Gasteiger partial charge in [0.15, 0.2) is 0 Å². The Labute approximate surface area is 157 Å². The molecule has 0 aromatic carbocycles. The molecule has 1 saturated heterocycles. The highest BCUT2D eigenvalue weighted by Gasteiger charge is 2.46. The zero-order valence-electron chi connectivity index (χ0n) is 17.1. The number of carbonyl (C=O) groups excluding carboxylic acids is 2. The van der Waals surface area contributed by atoms with Gasteiger partial charge in [0.1, 0.15) is 12.2 Å². The molecule has 2 aliphatic rings. The smallest absolute Gasteiger partial charge is 0.410 e. The number of nitrogens with zero attached hydrogens (tertiary/aromatic N) is 1. The maximum absolute atomic E-state index is 12.4. The molecule has 0 atom stereocenters. The van der Waals surface area contributed by atoms with Crippen molar-refractivity contribution in [2.75, 3.05) is 33.4 Å². The van der Waals surface area contributed by atoms with Gasteiger partial charge in [-0.2, -0.15) is 0 Å². The van der Waals surface area contributed by atoms with Gasteiger partial charge in [0.2, 0.25) is 0 Å². The van der Waals surface area contributed by atoms with Gasteiger partial charge in [-0.1, -0.05) is 0 Å². The number of hydrogen-bond donors (Lipinski definition) is 0. The number of amides is 1. The van der Waals surface area contributed by atoms with Crippen molar-refractivity contribution < 1.29 is 23.8 Å². The Balaban J connectivity index is 1.82. The van der Waals surface area contributed by atoms with Crippen LogP contribution in [-0.2, 0) is 19.0 Å². The van der Waals surface area contributed by atoms with E-state index in [-0.39, 0.29) is 22.9 Å². The van der Waals surface area contributed by atoms with Crippen molar-refractivity contribution >= 4 is 12.1 Å². The number of piperidine rings is 1. The number of ether oxygens (including phenoxy) is 3. The zero-order valence-corrected chi connectivity index (χ0v) is 17.1. The summed E-state index contributed by atoms with van der Waals surface area (Å²) in [5, 5.41) is 0. The van der Waals surface area contributed by atoms with Crippen LogP contribution in [0.25, 0.3) is 0 Å². The van der Waals surface area contributed by atoms with Crippen LogP contribution in [0.2, 0.25) is 0 Å². The third-order valence-electron chi connectivity index (χ3n) is 5.90. The lowest BCUT2D eigenvalue weighted by Gasteiger charge is -2.48. The van der Waals surface area contributed by atoms with E-state index in [1.165, 1.54) is 0 Å². The van der Waals surface area contributed by atoms with Gasteiger partial charge >= 0.3 is 12.1 Å². The summed E-state index contributed by atoms with van der Waals surface area (Å²) in [6.45, 7) is 9.93. The summed E-state index contributed by atoms with van der Waals surface area (Å²) in [5.74, 6) is -0.101. The minimum Gasteiger partial charge on any atom is -0.463 e. The molecule has 0 aromatic heterocycles. The minimum atomic E-state index is -0.456. The quantitative estimate of drug-likeness (QED) is 0.557. The Hall–Kier alpha value is -1.30. The molecule has 0 N–H and O–H groups in total. The van der Waals surface area contributed by atoms with Crippen LogP contribution in [0.15, 0.2) is 0 Å². The van der Waals surface area contributed by atoms with Crippen molar-refractivity contribution in [2.45, 2.75) is 71.8 Å². The van der Waals surface area contributed by atoms with E-state index in [0.29, 0.717) is 13.2 Å². The van der Waals surface area contributed by atoms with E-state index in [1.807, 2.05) is 32.6 Å². The summed E-state index contributed by atoms with van der Waals surface area (Å²) >= 11 is 0. The van der Waals surface area contributed by atoms with Crippen molar-refractivity contribution in [1.29, 1.82) is 0 Å². The highest BCUT2D eigenvalue weighted by atomic mass is 16.6. The predicted octanol–water partition coefficient (Wildman–Crippen LogP) is 3.77. The van der Waals surface area contributed by atoms with Crippen LogP contribution in [0.3, 0.4) is 0 Å². The summed E-state index contributed by atoms with van der Waals surface area (Å²) in [4.78, 5) is 26.5. The average molecular weight is 370 g/mol. The van der Waals surface area contributed by atoms with E-state index in [2.05, 4.69) is 0 Å². The highest BCUT2D eigenvalue weighted by molar-refractivity contribution is 5.76. The first-order valence-electron chi connectivity index (χ1n) is 9.73. The van der Waals surface area contributed by atoms with E-state index in [9.17, 15) is 9.59 Å². The van der Waals surface area contributed by atoms with Gasteiger partial charge in [0, 0.05) is 20.2 Å². The van der Waals surface area contributed by atoms with Crippen LogP contribution in [0, 0.1) is 10.8 Å². The molecule has 1 aliphatic carbocycles. The molecule has 0 aromatic rings. The van der Waals surface area contributed by atoms with Crippen molar-refractivity contribution in [3.63, 3.8) is 0 Å². The summed E-state index contributed by atoms with van der Waals surface area (Å²) in [7, 11) is 1.60. The average Bonchev–Trinajstić information content (AvgIpc) is 2.57. The fourth-order valence-corrected chi connectivity index (χ4v) is 3.92. The maximum Gasteiger partial charge on any atom is 0.410 e. The summed E-state index contributed by atoms with van der Waals surface area (Å²) in [6.07, 6.45) is 5.50. The fourth-order valence-electron chi connectivity index (χ4n) is 3.92. The first kappa shape index (κ1) is 21.0. The first-order valence-corrected chi connectivity index (χ1v) is 9.73. The highest BCUT2D eigenvalue weighted by Crippen LogP contribution is 2.51. The lowest BCUT2D eigenvalue weighted by atomic mass is 9.61. The molecule has 1 saturated carbocycles. The van der Waals surface area contributed by atoms with Crippen LogP contribution in [0.5, 0.6) is 0 Å². The number of rotatable bonds is 4. The molecule has 2 fully saturated rings. The molecule has 1 amide bonds. The van der Waals surface area contributed by atoms with Crippen LogP contribution >= 0.6 is 0 Å². The molecule has 0 bridgehead atoms. The van der Waals surface area contributed by atoms with Gasteiger partial charge in [0.05, 0.1) is 12.0 Å². The zero-order chi connectivity index (χ0) is 19.4. The normalized spacial score (nSPS) is 22.1. The van der Waals surface area contributed by atoms with E-state index < -0.39 is 5.60 Å². The number of esters is 1. The van der Waals surface area contributed by atoms with E-state index in [1.54, 1.807) is 7.11 Å². The van der Waals surface area contributed by atoms with Gasteiger partial charge in [0.25, 0.3) is 0 Å². The molecule has 0 radical (unpaired) electrons. The Morgan fingerprint density at radius 3 is 2.04 bits per heavy atom. The fraction of sp³-hybridized carbons (Fsp3) is 0.900. The molecule has 1 spiro atoms. The topological polar surface area (TPSA) is 65.1 Å². The molecule has 6 nitrogen and oxygen atoms in total. The second kappa shape index (κ2) is 8.15. The van der Waals surface area contributed by atoms with Crippen LogP contribution in [0.4, 0.5) is 4.79 Å². The molecule has 0 unspecified atom stereocenters. The van der Waals surface area contributed by atoms with Crippen molar-refractivity contribution in [1.82, 2.24) is 4.90 Å². The first-order chi connectivity index (χ1) is 12.1. The van der Waals surface area contributed by atoms with Gasteiger partial charge in [-0.25, -0.2) is 4.79 Å². The molecular formula is C20H35NO5. The lowest BCUT2D eigenvalue weighted by Crippen LogP contribution is -2.48. The van der Waals surface area contributed by atoms with Gasteiger partial charge in [-0.15, -0.1) is 0 Å². The molecule has 150 valence electrons. The standard InChI is InChI=1S/C20H35NO5/c1-18(2,3)26-17(23)21-12-10-20(11-13-21)8-6-19(4,7-9-20)16(22)25-15-14-24-5/h6-15H2,1-5H3. The van der Waals surface area contributed by atoms with Crippen molar-refractivity contribution in [3.8, 4) is 0 Å².